The van der Waals surface area contributed by atoms with Gasteiger partial charge in [-0.1, -0.05) is 35.2 Å². The van der Waals surface area contributed by atoms with Crippen LogP contribution in [0.2, 0.25) is 0 Å². The van der Waals surface area contributed by atoms with Crippen LogP contribution in [0.3, 0.4) is 0 Å². The van der Waals surface area contributed by atoms with Crippen molar-refractivity contribution in [3.05, 3.63) is 24.3 Å². The van der Waals surface area contributed by atoms with Crippen molar-refractivity contribution in [3.8, 4) is 5.75 Å². The number of rotatable bonds is 7. The molecule has 0 fully saturated rings. The number of esters is 1. The number of hydrogen-bond donors (Lipinski definition) is 1. The first-order valence-electron chi connectivity index (χ1n) is 6.16. The molecule has 0 spiro atoms. The lowest BCUT2D eigenvalue weighted by molar-refractivity contribution is -0.140. The fraction of sp³-hybridized carbons (Fsp3) is 0.308. The van der Waals surface area contributed by atoms with Gasteiger partial charge in [-0.25, -0.2) is 0 Å². The van der Waals surface area contributed by atoms with Crippen LogP contribution in [0.15, 0.2) is 28.6 Å². The topological polar surface area (TPSA) is 73.3 Å². The number of anilines is 2. The first-order valence-corrected chi connectivity index (χ1v) is 7.96. The van der Waals surface area contributed by atoms with Crippen LogP contribution >= 0.6 is 23.1 Å². The molecule has 1 heterocycles. The van der Waals surface area contributed by atoms with Gasteiger partial charge in [0.25, 0.3) is 0 Å². The van der Waals surface area contributed by atoms with Crippen LogP contribution in [0, 0.1) is 0 Å². The fourth-order valence-corrected chi connectivity index (χ4v) is 3.26. The molecule has 1 aromatic carbocycles. The number of para-hydroxylation sites is 2. The highest BCUT2D eigenvalue weighted by Gasteiger charge is 2.09. The van der Waals surface area contributed by atoms with E-state index in [1.165, 1.54) is 30.2 Å². The molecule has 0 saturated carbocycles. The molecule has 0 atom stereocenters. The van der Waals surface area contributed by atoms with Gasteiger partial charge < -0.3 is 14.8 Å². The SMILES string of the molecule is COC(=O)CCSc1nnc(Nc2ccccc2OC)s1. The molecule has 2 rings (SSSR count). The summed E-state index contributed by atoms with van der Waals surface area (Å²) in [7, 11) is 3.00. The van der Waals surface area contributed by atoms with Crippen molar-refractivity contribution in [1.82, 2.24) is 10.2 Å². The number of benzene rings is 1. The van der Waals surface area contributed by atoms with Crippen LogP contribution in [0.5, 0.6) is 5.75 Å². The lowest BCUT2D eigenvalue weighted by atomic mass is 10.3. The standard InChI is InChI=1S/C13H15N3O3S2/c1-18-10-6-4-3-5-9(10)14-12-15-16-13(21-12)20-8-7-11(17)19-2/h3-6H,7-8H2,1-2H3,(H,14,15). The number of nitrogens with one attached hydrogen (secondary N) is 1. The van der Waals surface area contributed by atoms with Gasteiger partial charge in [0, 0.05) is 5.75 Å². The average Bonchev–Trinajstić information content (AvgIpc) is 2.95. The summed E-state index contributed by atoms with van der Waals surface area (Å²) in [5.74, 6) is 1.14. The molecular weight excluding hydrogens is 310 g/mol. The molecule has 8 heteroatoms. The Kier molecular flexibility index (Phi) is 5.82. The maximum atomic E-state index is 11.0. The molecule has 0 saturated heterocycles. The highest BCUT2D eigenvalue weighted by Crippen LogP contribution is 2.31. The number of thioether (sulfide) groups is 1. The van der Waals surface area contributed by atoms with Crippen LogP contribution in [0.1, 0.15) is 6.42 Å². The molecule has 0 bridgehead atoms. The van der Waals surface area contributed by atoms with Crippen molar-refractivity contribution < 1.29 is 14.3 Å². The average molecular weight is 325 g/mol. The molecule has 21 heavy (non-hydrogen) atoms. The Morgan fingerprint density at radius 3 is 2.90 bits per heavy atom. The highest BCUT2D eigenvalue weighted by atomic mass is 32.2. The van der Waals surface area contributed by atoms with E-state index in [9.17, 15) is 4.79 Å². The lowest BCUT2D eigenvalue weighted by Crippen LogP contribution is -2.00. The fourth-order valence-electron chi connectivity index (χ4n) is 1.51. The summed E-state index contributed by atoms with van der Waals surface area (Å²) < 4.78 is 10.7. The van der Waals surface area contributed by atoms with Crippen molar-refractivity contribution in [2.24, 2.45) is 0 Å². The highest BCUT2D eigenvalue weighted by molar-refractivity contribution is 8.01. The van der Waals surface area contributed by atoms with E-state index in [4.69, 9.17) is 4.74 Å². The van der Waals surface area contributed by atoms with E-state index in [0.717, 1.165) is 15.8 Å². The quantitative estimate of drug-likeness (QED) is 0.619. The van der Waals surface area contributed by atoms with Crippen molar-refractivity contribution in [2.45, 2.75) is 10.8 Å². The summed E-state index contributed by atoms with van der Waals surface area (Å²) >= 11 is 2.91. The van der Waals surface area contributed by atoms with E-state index in [-0.39, 0.29) is 5.97 Å². The predicted molar refractivity (Wildman–Crippen MR) is 83.5 cm³/mol. The van der Waals surface area contributed by atoms with E-state index in [0.29, 0.717) is 17.3 Å². The minimum atomic E-state index is -0.223. The summed E-state index contributed by atoms with van der Waals surface area (Å²) in [6.07, 6.45) is 0.357. The molecule has 112 valence electrons. The number of methoxy groups -OCH3 is 2. The van der Waals surface area contributed by atoms with Crippen molar-refractivity contribution >= 4 is 39.9 Å². The Morgan fingerprint density at radius 2 is 2.14 bits per heavy atom. The van der Waals surface area contributed by atoms with Crippen molar-refractivity contribution in [1.29, 1.82) is 0 Å². The van der Waals surface area contributed by atoms with Crippen LogP contribution in [-0.4, -0.2) is 36.1 Å². The number of ether oxygens (including phenoxy) is 2. The molecule has 0 aliphatic heterocycles. The first-order chi connectivity index (χ1) is 10.2. The summed E-state index contributed by atoms with van der Waals surface area (Å²) in [6, 6.07) is 7.59. The second kappa shape index (κ2) is 7.84. The van der Waals surface area contributed by atoms with E-state index >= 15 is 0 Å². The molecule has 0 radical (unpaired) electrons. The third kappa shape index (κ3) is 4.61. The van der Waals surface area contributed by atoms with Crippen LogP contribution in [0.4, 0.5) is 10.8 Å². The van der Waals surface area contributed by atoms with Gasteiger partial charge in [-0.05, 0) is 12.1 Å². The Hall–Kier alpha value is -1.80. The zero-order valence-corrected chi connectivity index (χ0v) is 13.3. The predicted octanol–water partition coefficient (Wildman–Crippen LogP) is 2.95. The normalized spacial score (nSPS) is 10.2. The maximum absolute atomic E-state index is 11.0. The Bertz CT molecular complexity index is 604. The van der Waals surface area contributed by atoms with E-state index in [1.807, 2.05) is 24.3 Å². The molecule has 6 nitrogen and oxygen atoms in total. The molecule has 1 aromatic heterocycles. The van der Waals surface area contributed by atoms with Gasteiger partial charge in [0.1, 0.15) is 5.75 Å². The lowest BCUT2D eigenvalue weighted by Gasteiger charge is -2.07. The minimum Gasteiger partial charge on any atom is -0.495 e. The van der Waals surface area contributed by atoms with Gasteiger partial charge in [0.2, 0.25) is 5.13 Å². The monoisotopic (exact) mass is 325 g/mol. The summed E-state index contributed by atoms with van der Waals surface area (Å²) in [4.78, 5) is 11.0. The van der Waals surface area contributed by atoms with E-state index < -0.39 is 0 Å². The zero-order valence-electron chi connectivity index (χ0n) is 11.7. The zero-order chi connectivity index (χ0) is 15.1. The van der Waals surface area contributed by atoms with Gasteiger partial charge in [0.15, 0.2) is 4.34 Å². The minimum absolute atomic E-state index is 0.223. The van der Waals surface area contributed by atoms with Crippen molar-refractivity contribution in [2.75, 3.05) is 25.3 Å². The van der Waals surface area contributed by atoms with E-state index in [2.05, 4.69) is 20.3 Å². The maximum Gasteiger partial charge on any atom is 0.306 e. The number of hydrogen-bond acceptors (Lipinski definition) is 8. The van der Waals surface area contributed by atoms with Gasteiger partial charge in [-0.3, -0.25) is 4.79 Å². The molecule has 1 N–H and O–H groups in total. The van der Waals surface area contributed by atoms with Gasteiger partial charge in [0.05, 0.1) is 26.3 Å². The molecule has 0 amide bonds. The summed E-state index contributed by atoms with van der Waals surface area (Å²) in [6.45, 7) is 0. The Balaban J connectivity index is 1.92. The molecular formula is C13H15N3O3S2. The number of nitrogens with zero attached hydrogens (tertiary/aromatic N) is 2. The summed E-state index contributed by atoms with van der Waals surface area (Å²) in [5, 5.41) is 12.0. The molecule has 0 unspecified atom stereocenters. The summed E-state index contributed by atoms with van der Waals surface area (Å²) in [5.41, 5.74) is 0.835. The third-order valence-corrected chi connectivity index (χ3v) is 4.49. The Morgan fingerprint density at radius 1 is 1.33 bits per heavy atom. The second-order valence-electron chi connectivity index (χ2n) is 3.87. The smallest absolute Gasteiger partial charge is 0.306 e. The second-order valence-corrected chi connectivity index (χ2v) is 6.19. The molecule has 2 aromatic rings. The number of aromatic nitrogens is 2. The largest absolute Gasteiger partial charge is 0.495 e. The molecule has 0 aliphatic carbocycles. The number of carbonyl (C=O) groups is 1. The first kappa shape index (κ1) is 15.6. The van der Waals surface area contributed by atoms with E-state index in [1.54, 1.807) is 7.11 Å². The van der Waals surface area contributed by atoms with Crippen LogP contribution < -0.4 is 10.1 Å². The van der Waals surface area contributed by atoms with Gasteiger partial charge in [-0.2, -0.15) is 0 Å². The Labute approximate surface area is 130 Å². The number of carbonyl (C=O) groups excluding carboxylic acids is 1. The third-order valence-electron chi connectivity index (χ3n) is 2.51. The molecule has 0 aliphatic rings. The van der Waals surface area contributed by atoms with Crippen LogP contribution in [0.25, 0.3) is 0 Å². The van der Waals surface area contributed by atoms with Gasteiger partial charge in [-0.15, -0.1) is 10.2 Å². The van der Waals surface area contributed by atoms with Crippen molar-refractivity contribution in [3.63, 3.8) is 0 Å². The van der Waals surface area contributed by atoms with Crippen LogP contribution in [-0.2, 0) is 9.53 Å². The van der Waals surface area contributed by atoms with Gasteiger partial charge >= 0.3 is 5.97 Å².